The predicted molar refractivity (Wildman–Crippen MR) is 68.5 cm³/mol. The fourth-order valence-electron chi connectivity index (χ4n) is 1.97. The summed E-state index contributed by atoms with van der Waals surface area (Å²) in [5.41, 5.74) is 0. The van der Waals surface area contributed by atoms with E-state index in [-0.39, 0.29) is 5.78 Å². The molecular weight excluding hydrogens is 242 g/mol. The Balaban J connectivity index is 1.88. The molecule has 88 valence electrons. The molecule has 0 aliphatic carbocycles. The Morgan fingerprint density at radius 2 is 2.19 bits per heavy atom. The van der Waals surface area contributed by atoms with Gasteiger partial charge in [-0.05, 0) is 44.0 Å². The van der Waals surface area contributed by atoms with Crippen molar-refractivity contribution >= 4 is 28.7 Å². The molecule has 1 fully saturated rings. The number of piperidine rings is 1. The number of hydrogen-bond donors (Lipinski definition) is 0. The highest BCUT2D eigenvalue weighted by atomic mass is 35.5. The van der Waals surface area contributed by atoms with Crippen LogP contribution in [-0.4, -0.2) is 30.3 Å². The third kappa shape index (κ3) is 3.06. The molecule has 16 heavy (non-hydrogen) atoms. The van der Waals surface area contributed by atoms with Crippen molar-refractivity contribution in [2.24, 2.45) is 5.92 Å². The topological polar surface area (TPSA) is 20.3 Å². The fraction of sp³-hybridized carbons (Fsp3) is 0.583. The lowest BCUT2D eigenvalue weighted by Gasteiger charge is -2.29. The van der Waals surface area contributed by atoms with Gasteiger partial charge in [0.2, 0.25) is 0 Å². The van der Waals surface area contributed by atoms with Gasteiger partial charge in [0.25, 0.3) is 0 Å². The van der Waals surface area contributed by atoms with Crippen molar-refractivity contribution in [2.45, 2.75) is 19.8 Å². The molecule has 1 aromatic heterocycles. The second kappa shape index (κ2) is 5.30. The van der Waals surface area contributed by atoms with Gasteiger partial charge in [-0.25, -0.2) is 0 Å². The molecule has 2 nitrogen and oxygen atoms in total. The zero-order valence-electron chi connectivity index (χ0n) is 9.41. The quantitative estimate of drug-likeness (QED) is 0.775. The molecule has 1 aliphatic rings. The minimum Gasteiger partial charge on any atom is -0.296 e. The van der Waals surface area contributed by atoms with Crippen LogP contribution in [0.25, 0.3) is 0 Å². The third-order valence-corrected chi connectivity index (χ3v) is 4.36. The summed E-state index contributed by atoms with van der Waals surface area (Å²) in [6.07, 6.45) is 2.41. The lowest BCUT2D eigenvalue weighted by molar-refractivity contribution is 0.0904. The summed E-state index contributed by atoms with van der Waals surface area (Å²) >= 11 is 7.19. The van der Waals surface area contributed by atoms with Gasteiger partial charge in [0, 0.05) is 0 Å². The van der Waals surface area contributed by atoms with E-state index in [0.29, 0.717) is 10.9 Å². The van der Waals surface area contributed by atoms with Crippen LogP contribution in [0.5, 0.6) is 0 Å². The highest BCUT2D eigenvalue weighted by molar-refractivity contribution is 7.18. The van der Waals surface area contributed by atoms with Crippen LogP contribution in [0.1, 0.15) is 29.4 Å². The number of carbonyl (C=O) groups is 1. The summed E-state index contributed by atoms with van der Waals surface area (Å²) in [6, 6.07) is 3.61. The van der Waals surface area contributed by atoms with Gasteiger partial charge in [0.1, 0.15) is 0 Å². The summed E-state index contributed by atoms with van der Waals surface area (Å²) in [6.45, 7) is 4.92. The highest BCUT2D eigenvalue weighted by Gasteiger charge is 2.19. The number of ketones is 1. The average Bonchev–Trinajstić information content (AvgIpc) is 2.68. The van der Waals surface area contributed by atoms with E-state index in [1.807, 2.05) is 6.07 Å². The first kappa shape index (κ1) is 12.1. The van der Waals surface area contributed by atoms with Crippen molar-refractivity contribution in [3.8, 4) is 0 Å². The van der Waals surface area contributed by atoms with E-state index in [0.717, 1.165) is 23.9 Å². The van der Waals surface area contributed by atoms with Crippen LogP contribution in [0.3, 0.4) is 0 Å². The molecule has 0 amide bonds. The van der Waals surface area contributed by atoms with E-state index in [1.54, 1.807) is 6.07 Å². The lowest BCUT2D eigenvalue weighted by Crippen LogP contribution is -2.36. The maximum atomic E-state index is 11.9. The van der Waals surface area contributed by atoms with Gasteiger partial charge >= 0.3 is 0 Å². The van der Waals surface area contributed by atoms with Crippen LogP contribution >= 0.6 is 22.9 Å². The maximum Gasteiger partial charge on any atom is 0.186 e. The molecule has 0 unspecified atom stereocenters. The summed E-state index contributed by atoms with van der Waals surface area (Å²) in [7, 11) is 0. The number of rotatable bonds is 3. The number of thiophene rings is 1. The molecule has 2 heterocycles. The molecule has 0 radical (unpaired) electrons. The fourth-order valence-corrected chi connectivity index (χ4v) is 2.94. The molecule has 0 spiro atoms. The van der Waals surface area contributed by atoms with Gasteiger partial charge < -0.3 is 0 Å². The molecule has 1 aliphatic heterocycles. The van der Waals surface area contributed by atoms with E-state index in [4.69, 9.17) is 11.6 Å². The van der Waals surface area contributed by atoms with Gasteiger partial charge in [0.05, 0.1) is 15.8 Å². The zero-order valence-corrected chi connectivity index (χ0v) is 11.0. The Morgan fingerprint density at radius 1 is 1.50 bits per heavy atom. The van der Waals surface area contributed by atoms with E-state index < -0.39 is 0 Å². The van der Waals surface area contributed by atoms with E-state index in [2.05, 4.69) is 11.8 Å². The number of likely N-dealkylation sites (tertiary alicyclic amines) is 1. The summed E-state index contributed by atoms with van der Waals surface area (Å²) in [4.78, 5) is 14.9. The maximum absolute atomic E-state index is 11.9. The highest BCUT2D eigenvalue weighted by Crippen LogP contribution is 2.23. The number of Topliss-reactive ketones (excluding diaryl/α,β-unsaturated/α-hetero) is 1. The molecular formula is C12H16ClNOS. The molecule has 1 aromatic rings. The van der Waals surface area contributed by atoms with Crippen molar-refractivity contribution in [1.82, 2.24) is 4.90 Å². The van der Waals surface area contributed by atoms with E-state index in [9.17, 15) is 4.79 Å². The van der Waals surface area contributed by atoms with E-state index >= 15 is 0 Å². The average molecular weight is 258 g/mol. The van der Waals surface area contributed by atoms with Crippen LogP contribution in [0.2, 0.25) is 4.34 Å². The first-order valence-corrected chi connectivity index (χ1v) is 6.85. The van der Waals surface area contributed by atoms with Crippen molar-refractivity contribution in [3.63, 3.8) is 0 Å². The van der Waals surface area contributed by atoms with Crippen molar-refractivity contribution in [2.75, 3.05) is 19.6 Å². The van der Waals surface area contributed by atoms with Crippen LogP contribution in [-0.2, 0) is 0 Å². The number of carbonyl (C=O) groups excluding carboxylic acids is 1. The number of hydrogen-bond acceptors (Lipinski definition) is 3. The Hall–Kier alpha value is -0.380. The van der Waals surface area contributed by atoms with Crippen molar-refractivity contribution in [1.29, 1.82) is 0 Å². The van der Waals surface area contributed by atoms with Crippen molar-refractivity contribution < 1.29 is 4.79 Å². The zero-order chi connectivity index (χ0) is 11.5. The Kier molecular flexibility index (Phi) is 4.00. The SMILES string of the molecule is CC1CCN(CC(=O)c2ccc(Cl)s2)CC1. The van der Waals surface area contributed by atoms with Gasteiger partial charge in [-0.3, -0.25) is 9.69 Å². The first-order valence-electron chi connectivity index (χ1n) is 5.66. The Morgan fingerprint density at radius 3 is 2.75 bits per heavy atom. The minimum absolute atomic E-state index is 0.200. The van der Waals surface area contributed by atoms with Gasteiger partial charge in [0.15, 0.2) is 5.78 Å². The molecule has 0 aromatic carbocycles. The van der Waals surface area contributed by atoms with Crippen molar-refractivity contribution in [3.05, 3.63) is 21.3 Å². The lowest BCUT2D eigenvalue weighted by atomic mass is 9.99. The molecule has 0 saturated carbocycles. The molecule has 1 saturated heterocycles. The normalized spacial score (nSPS) is 18.9. The van der Waals surface area contributed by atoms with Crippen LogP contribution in [0.15, 0.2) is 12.1 Å². The standard InChI is InChI=1S/C12H16ClNOS/c1-9-4-6-14(7-5-9)8-10(15)11-2-3-12(13)16-11/h2-3,9H,4-8H2,1H3. The molecule has 0 N–H and O–H groups in total. The van der Waals surface area contributed by atoms with Gasteiger partial charge in [-0.1, -0.05) is 18.5 Å². The van der Waals surface area contributed by atoms with Gasteiger partial charge in [-0.2, -0.15) is 0 Å². The van der Waals surface area contributed by atoms with E-state index in [1.165, 1.54) is 24.2 Å². The second-order valence-corrected chi connectivity index (χ2v) is 6.20. The third-order valence-electron chi connectivity index (χ3n) is 3.09. The monoisotopic (exact) mass is 257 g/mol. The number of nitrogens with zero attached hydrogens (tertiary/aromatic N) is 1. The van der Waals surface area contributed by atoms with Gasteiger partial charge in [-0.15, -0.1) is 11.3 Å². The summed E-state index contributed by atoms with van der Waals surface area (Å²) in [5.74, 6) is 1.01. The molecule has 2 rings (SSSR count). The number of halogens is 1. The molecule has 4 heteroatoms. The molecule has 0 atom stereocenters. The Labute approximate surface area is 105 Å². The van der Waals surface area contributed by atoms with Crippen LogP contribution in [0.4, 0.5) is 0 Å². The second-order valence-electron chi connectivity index (χ2n) is 4.49. The smallest absolute Gasteiger partial charge is 0.186 e. The van der Waals surface area contributed by atoms with Crippen LogP contribution < -0.4 is 0 Å². The summed E-state index contributed by atoms with van der Waals surface area (Å²) in [5, 5.41) is 0. The first-order chi connectivity index (χ1) is 7.65. The molecule has 0 bridgehead atoms. The minimum atomic E-state index is 0.200. The summed E-state index contributed by atoms with van der Waals surface area (Å²) < 4.78 is 0.690. The Bertz CT molecular complexity index is 369. The van der Waals surface area contributed by atoms with Crippen LogP contribution in [0, 0.1) is 5.92 Å². The largest absolute Gasteiger partial charge is 0.296 e. The predicted octanol–water partition coefficient (Wildman–Crippen LogP) is 3.32.